The number of benzene rings is 1. The smallest absolute Gasteiger partial charge is 0.276 e. The van der Waals surface area contributed by atoms with Gasteiger partial charge < -0.3 is 19.7 Å². The van der Waals surface area contributed by atoms with Crippen molar-refractivity contribution in [2.45, 2.75) is 26.7 Å². The third-order valence-electron chi connectivity index (χ3n) is 5.45. The summed E-state index contributed by atoms with van der Waals surface area (Å²) < 4.78 is 12.9. The van der Waals surface area contributed by atoms with Crippen molar-refractivity contribution in [1.82, 2.24) is 25.2 Å². The van der Waals surface area contributed by atoms with Gasteiger partial charge in [0.05, 0.1) is 11.4 Å². The van der Waals surface area contributed by atoms with Crippen LogP contribution in [0.4, 0.5) is 0 Å². The number of rotatable bonds is 5. The third-order valence-corrected chi connectivity index (χ3v) is 5.45. The Morgan fingerprint density at radius 1 is 1.21 bits per heavy atom. The fourth-order valence-electron chi connectivity index (χ4n) is 3.77. The van der Waals surface area contributed by atoms with Gasteiger partial charge in [0, 0.05) is 19.2 Å². The first-order valence-corrected chi connectivity index (χ1v) is 9.99. The van der Waals surface area contributed by atoms with Crippen molar-refractivity contribution in [3.8, 4) is 17.2 Å². The molecule has 1 amide bonds. The van der Waals surface area contributed by atoms with Crippen molar-refractivity contribution in [2.75, 3.05) is 39.4 Å². The molecule has 150 valence electrons. The fraction of sp³-hybridized carbons (Fsp3) is 0.550. The van der Waals surface area contributed by atoms with Gasteiger partial charge in [0.1, 0.15) is 13.2 Å². The summed E-state index contributed by atoms with van der Waals surface area (Å²) in [5.74, 6) is 2.01. The minimum absolute atomic E-state index is 0.0387. The van der Waals surface area contributed by atoms with Gasteiger partial charge in [0.2, 0.25) is 0 Å². The molecule has 0 spiro atoms. The Morgan fingerprint density at radius 3 is 2.71 bits per heavy atom. The molecule has 0 radical (unpaired) electrons. The van der Waals surface area contributed by atoms with Crippen molar-refractivity contribution in [1.29, 1.82) is 0 Å². The minimum atomic E-state index is -0.0387. The first-order chi connectivity index (χ1) is 13.7. The van der Waals surface area contributed by atoms with E-state index in [2.05, 4.69) is 22.6 Å². The summed E-state index contributed by atoms with van der Waals surface area (Å²) in [7, 11) is 0. The second-order valence-corrected chi connectivity index (χ2v) is 7.31. The normalized spacial score (nSPS) is 17.0. The largest absolute Gasteiger partial charge is 0.486 e. The van der Waals surface area contributed by atoms with E-state index in [1.54, 1.807) is 4.68 Å². The zero-order valence-corrected chi connectivity index (χ0v) is 16.5. The van der Waals surface area contributed by atoms with Crippen molar-refractivity contribution in [3.63, 3.8) is 0 Å². The maximum Gasteiger partial charge on any atom is 0.276 e. The molecule has 0 unspecified atom stereocenters. The number of nitrogens with one attached hydrogen (secondary N) is 1. The number of carbonyl (C=O) groups is 1. The van der Waals surface area contributed by atoms with E-state index < -0.39 is 0 Å². The molecular formula is C20H27N5O3. The molecule has 1 fully saturated rings. The first-order valence-electron chi connectivity index (χ1n) is 9.99. The zero-order chi connectivity index (χ0) is 19.5. The second-order valence-electron chi connectivity index (χ2n) is 7.31. The van der Waals surface area contributed by atoms with Crippen LogP contribution < -0.4 is 14.8 Å². The molecule has 1 aromatic heterocycles. The molecule has 1 N–H and O–H groups in total. The van der Waals surface area contributed by atoms with E-state index in [1.165, 1.54) is 0 Å². The molecule has 2 aliphatic rings. The van der Waals surface area contributed by atoms with E-state index in [-0.39, 0.29) is 5.91 Å². The lowest BCUT2D eigenvalue weighted by atomic mass is 9.96. The van der Waals surface area contributed by atoms with Gasteiger partial charge in [-0.1, -0.05) is 12.1 Å². The van der Waals surface area contributed by atoms with Gasteiger partial charge in [-0.3, -0.25) is 4.79 Å². The fourth-order valence-corrected chi connectivity index (χ4v) is 3.77. The van der Waals surface area contributed by atoms with E-state index in [1.807, 2.05) is 30.0 Å². The number of hydrogen-bond acceptors (Lipinski definition) is 6. The summed E-state index contributed by atoms with van der Waals surface area (Å²) in [5, 5.41) is 11.8. The average Bonchev–Trinajstić information content (AvgIpc) is 3.13. The standard InChI is InChI=1S/C20H27N5O3/c1-3-21-13-15-6-8-24(9-7-15)20(26)19-14(2)25(23-22-19)16-4-5-17-18(12-16)28-11-10-27-17/h4-5,12,15,21H,3,6-11,13H2,1-2H3. The van der Waals surface area contributed by atoms with Crippen LogP contribution in [-0.2, 0) is 0 Å². The van der Waals surface area contributed by atoms with Gasteiger partial charge in [-0.2, -0.15) is 0 Å². The number of likely N-dealkylation sites (tertiary alicyclic amines) is 1. The Hall–Kier alpha value is -2.61. The van der Waals surface area contributed by atoms with Crippen LogP contribution in [-0.4, -0.2) is 65.2 Å². The molecule has 2 aromatic rings. The highest BCUT2D eigenvalue weighted by Crippen LogP contribution is 2.32. The molecular weight excluding hydrogens is 358 g/mol. The van der Waals surface area contributed by atoms with Crippen LogP contribution in [0.3, 0.4) is 0 Å². The van der Waals surface area contributed by atoms with Crippen molar-refractivity contribution in [3.05, 3.63) is 29.6 Å². The van der Waals surface area contributed by atoms with Crippen molar-refractivity contribution < 1.29 is 14.3 Å². The number of ether oxygens (including phenoxy) is 2. The van der Waals surface area contributed by atoms with Gasteiger partial charge in [-0.05, 0) is 50.9 Å². The van der Waals surface area contributed by atoms with Gasteiger partial charge in [-0.15, -0.1) is 5.10 Å². The SMILES string of the molecule is CCNCC1CCN(C(=O)c2nnn(-c3ccc4c(c3)OCCO4)c2C)CC1. The van der Waals surface area contributed by atoms with Gasteiger partial charge in [0.25, 0.3) is 5.91 Å². The number of aromatic nitrogens is 3. The van der Waals surface area contributed by atoms with Crippen LogP contribution in [0.15, 0.2) is 18.2 Å². The summed E-state index contributed by atoms with van der Waals surface area (Å²) >= 11 is 0. The number of fused-ring (bicyclic) bond motifs is 1. The summed E-state index contributed by atoms with van der Waals surface area (Å²) in [6, 6.07) is 5.63. The Balaban J connectivity index is 1.47. The molecule has 28 heavy (non-hydrogen) atoms. The van der Waals surface area contributed by atoms with Crippen LogP contribution in [0.25, 0.3) is 5.69 Å². The summed E-state index contributed by atoms with van der Waals surface area (Å²) in [6.07, 6.45) is 2.04. The summed E-state index contributed by atoms with van der Waals surface area (Å²) in [5.41, 5.74) is 1.95. The van der Waals surface area contributed by atoms with Crippen molar-refractivity contribution in [2.24, 2.45) is 5.92 Å². The quantitative estimate of drug-likeness (QED) is 0.845. The van der Waals surface area contributed by atoms with E-state index >= 15 is 0 Å². The highest BCUT2D eigenvalue weighted by atomic mass is 16.6. The van der Waals surface area contributed by atoms with E-state index in [0.29, 0.717) is 30.6 Å². The van der Waals surface area contributed by atoms with Gasteiger partial charge in [0.15, 0.2) is 17.2 Å². The number of amides is 1. The highest BCUT2D eigenvalue weighted by Gasteiger charge is 2.27. The van der Waals surface area contributed by atoms with Gasteiger partial charge in [-0.25, -0.2) is 4.68 Å². The molecule has 4 rings (SSSR count). The molecule has 3 heterocycles. The van der Waals surface area contributed by atoms with Crippen molar-refractivity contribution >= 4 is 5.91 Å². The summed E-state index contributed by atoms with van der Waals surface area (Å²) in [4.78, 5) is 14.9. The minimum Gasteiger partial charge on any atom is -0.486 e. The topological polar surface area (TPSA) is 81.5 Å². The van der Waals surface area contributed by atoms with Crippen LogP contribution in [0.2, 0.25) is 0 Å². The Labute approximate surface area is 164 Å². The molecule has 0 bridgehead atoms. The van der Waals surface area contributed by atoms with Crippen LogP contribution in [0, 0.1) is 12.8 Å². The summed E-state index contributed by atoms with van der Waals surface area (Å²) in [6.45, 7) is 8.63. The molecule has 0 atom stereocenters. The third kappa shape index (κ3) is 3.69. The van der Waals surface area contributed by atoms with Crippen LogP contribution in [0.5, 0.6) is 11.5 Å². The molecule has 1 aromatic carbocycles. The zero-order valence-electron chi connectivity index (χ0n) is 16.5. The maximum absolute atomic E-state index is 13.0. The molecule has 0 saturated carbocycles. The second kappa shape index (κ2) is 8.18. The number of piperidine rings is 1. The lowest BCUT2D eigenvalue weighted by Crippen LogP contribution is -2.41. The van der Waals surface area contributed by atoms with Crippen LogP contribution in [0.1, 0.15) is 35.9 Å². The molecule has 8 nitrogen and oxygen atoms in total. The lowest BCUT2D eigenvalue weighted by molar-refractivity contribution is 0.0683. The monoisotopic (exact) mass is 385 g/mol. The molecule has 8 heteroatoms. The van der Waals surface area contributed by atoms with Crippen LogP contribution >= 0.6 is 0 Å². The Kier molecular flexibility index (Phi) is 5.47. The maximum atomic E-state index is 13.0. The van der Waals surface area contributed by atoms with Gasteiger partial charge >= 0.3 is 0 Å². The highest BCUT2D eigenvalue weighted by molar-refractivity contribution is 5.93. The average molecular weight is 385 g/mol. The lowest BCUT2D eigenvalue weighted by Gasteiger charge is -2.31. The molecule has 1 saturated heterocycles. The molecule has 0 aliphatic carbocycles. The van der Waals surface area contributed by atoms with E-state index in [0.717, 1.165) is 56.2 Å². The van der Waals surface area contributed by atoms with E-state index in [9.17, 15) is 4.79 Å². The van der Waals surface area contributed by atoms with E-state index in [4.69, 9.17) is 9.47 Å². The number of carbonyl (C=O) groups excluding carboxylic acids is 1. The first kappa shape index (κ1) is 18.7. The predicted molar refractivity (Wildman–Crippen MR) is 104 cm³/mol. The Morgan fingerprint density at radius 2 is 1.96 bits per heavy atom. The molecule has 2 aliphatic heterocycles. The number of nitrogens with zero attached hydrogens (tertiary/aromatic N) is 4. The Bertz CT molecular complexity index is 842. The number of hydrogen-bond donors (Lipinski definition) is 1. The predicted octanol–water partition coefficient (Wildman–Crippen LogP) is 1.81.